The van der Waals surface area contributed by atoms with Crippen LogP contribution in [0.25, 0.3) is 16.0 Å². The van der Waals surface area contributed by atoms with E-state index >= 15 is 0 Å². The maximum atomic E-state index is 14.9. The molecule has 0 radical (unpaired) electrons. The molecule has 0 spiro atoms. The zero-order valence-electron chi connectivity index (χ0n) is 66.5. The molecule has 5 aromatic heterocycles. The first-order valence-corrected chi connectivity index (χ1v) is 39.3. The van der Waals surface area contributed by atoms with Crippen LogP contribution in [0, 0.1) is 6.92 Å². The minimum Gasteiger partial charge on any atom is -0.850 e. The van der Waals surface area contributed by atoms with E-state index in [1.807, 2.05) is 55.3 Å². The van der Waals surface area contributed by atoms with Gasteiger partial charge in [-0.05, 0) is 80.9 Å². The molecule has 0 amide bonds. The second-order valence-electron chi connectivity index (χ2n) is 29.6. The molecule has 15 rings (SSSR count). The van der Waals surface area contributed by atoms with Gasteiger partial charge < -0.3 is 98.2 Å². The van der Waals surface area contributed by atoms with E-state index in [0.29, 0.717) is 5.76 Å². The first kappa shape index (κ1) is 104. The van der Waals surface area contributed by atoms with Crippen molar-refractivity contribution in [2.24, 2.45) is 0 Å². The van der Waals surface area contributed by atoms with Crippen molar-refractivity contribution >= 4 is 42.3 Å². The SMILES string of the molecule is C.C=C1O[C@@H](n2ccc(=O)[nH]c2=O)[C@H]2OC(C)(C)OC12.CC(C)(C)[O-].CC1(C)OC2[C@@H](CO)O[C@@H](n3ccc(=O)[nH]c3=O)[C@H]2O1.CC1(C)OC2[C@H](O1)[C@H](n1ccc(=O)[nH]c1=O)O[C@]2(F)CI.CC[C@H]1O[C@@H](n2ccc(=O)[nH]c2=O)[C@H]2OC(C)(C)OC12.Cc1ccc(S(=O)(=O)Cl)cc1.O=c1ccn([C@@H]2O[C@H](CO)C(O)[C@@H]2O)c(=O)[nH]1.[K+].[N-]=[N+]=[N-].[Na+]. The largest absolute Gasteiger partial charge is 1.00 e. The molecule has 9 fully saturated rings. The fourth-order valence-corrected chi connectivity index (χ4v) is 14.3. The van der Waals surface area contributed by atoms with Crippen LogP contribution in [0.15, 0.2) is 151 Å². The van der Waals surface area contributed by atoms with E-state index in [2.05, 4.69) is 26.5 Å². The van der Waals surface area contributed by atoms with Crippen LogP contribution >= 0.6 is 33.3 Å². The van der Waals surface area contributed by atoms with Crippen LogP contribution in [0.3, 0.4) is 0 Å². The van der Waals surface area contributed by atoms with Crippen molar-refractivity contribution in [3.63, 3.8) is 0 Å². The maximum Gasteiger partial charge on any atom is 1.00 e. The summed E-state index contributed by atoms with van der Waals surface area (Å²) < 4.78 is 116. The molecule has 9 N–H and O–H groups in total. The van der Waals surface area contributed by atoms with Gasteiger partial charge in [-0.1, -0.05) is 82.0 Å². The molecule has 0 saturated carbocycles. The number of aliphatic hydroxyl groups is 4. The van der Waals surface area contributed by atoms with Crippen LogP contribution in [-0.4, -0.2) is 208 Å². The monoisotopic (exact) mass is 1870 g/mol. The summed E-state index contributed by atoms with van der Waals surface area (Å²) in [6.45, 7) is 25.9. The van der Waals surface area contributed by atoms with Crippen LogP contribution < -0.4 is 142 Å². The average Bonchev–Trinajstić information content (AvgIpc) is 1.58. The number of hydrogen-bond donors (Lipinski definition) is 9. The van der Waals surface area contributed by atoms with Crippen molar-refractivity contribution in [3.05, 3.63) is 224 Å². The van der Waals surface area contributed by atoms with E-state index in [9.17, 15) is 81.2 Å². The second-order valence-corrected chi connectivity index (χ2v) is 32.9. The Bertz CT molecular complexity index is 5130. The van der Waals surface area contributed by atoms with Crippen molar-refractivity contribution in [2.45, 2.75) is 254 Å². The Hall–Kier alpha value is -5.67. The molecule has 5 unspecified atom stereocenters. The Balaban J connectivity index is 0.000000250. The van der Waals surface area contributed by atoms with E-state index < -0.39 is 199 Å². The topological polar surface area (TPSA) is 591 Å². The summed E-state index contributed by atoms with van der Waals surface area (Å²) in [6, 6.07) is 12.4. The van der Waals surface area contributed by atoms with E-state index in [1.165, 1.54) is 79.8 Å². The molecule has 9 aliphatic heterocycles. The molecular formula is C70H94ClFIKN13NaO30S. The standard InChI is InChI=1S/C13H18N2O5.C12H14FIN2O5.C12H16N2O6.C12H14N2O5.C9H12N2O6.C7H7ClO2S.C4H9O.CH4.K.N3.Na/c1-4-7-9-10(20-13(2,3)19-9)11(18-7)15-6-5-8(16)14-12(15)17;1-11(2)19-7-8(20-11)12(13,5-14)21-9(7)16-4-3-6(17)15-10(16)18;1-12(2)19-8-6(5-15)18-10(9(8)20-12)14-4-3-7(16)13-11(14)17;1-6-8-9(19-12(2,3)18-8)10(17-6)14-5-4-7(15)13-11(14)16;12-3-4-6(14)7(15)8(17-4)11-2-1-5(13)10-9(11)16;1-6-2-4-7(5-3-6)11(8,9)10;1-4(2,3)5;;;1-3-2;/h5-7,9-11H,4H2,1-3H3,(H,14,16,17);3-4,7-9H,5H2,1-2H3,(H,15,17,18);3-4,6,8-10,15H,5H2,1-2H3,(H,13,16,17);4-5,8-10H,1H2,2-3H3,(H,13,15,16);1-2,4,6-8,12,14-15H,3H2,(H,10,13,16);2-5H,1H3;1-3H3;1H4;;;/q;;;;;;-1;;+1;-1;+1/t7-,9?,10+,11-;7-,8?,9+,12+;6-,8?,9+,10-;8?,9-,10+;4-,6?,7+,8-;;;;;;/m10101....../s1. The normalized spacial score (nSPS) is 29.9. The number of alkyl halides is 2. The number of aromatic amines is 5. The first-order valence-electron chi connectivity index (χ1n) is 35.4. The number of aryl methyl sites for hydroxylation is 1. The molecular weight excluding hydrogens is 1780 g/mol. The van der Waals surface area contributed by atoms with Gasteiger partial charge in [0.1, 0.15) is 66.8 Å². The number of fused-ring (bicyclic) bond motifs is 4. The molecule has 19 atom stereocenters. The summed E-state index contributed by atoms with van der Waals surface area (Å²) >= 11 is 1.86. The predicted molar refractivity (Wildman–Crippen MR) is 413 cm³/mol. The summed E-state index contributed by atoms with van der Waals surface area (Å²) in [5, 5.41) is 47.5. The van der Waals surface area contributed by atoms with Gasteiger partial charge in [-0.2, -0.15) is 0 Å². The number of H-pyrrole nitrogens is 5. The Morgan fingerprint density at radius 1 is 0.529 bits per heavy atom. The number of rotatable bonds is 10. The van der Waals surface area contributed by atoms with Crippen molar-refractivity contribution in [3.8, 4) is 0 Å². The molecule has 43 nitrogen and oxygen atoms in total. The van der Waals surface area contributed by atoms with Gasteiger partial charge in [-0.3, -0.25) is 76.6 Å². The Morgan fingerprint density at radius 3 is 1.21 bits per heavy atom. The van der Waals surface area contributed by atoms with Crippen molar-refractivity contribution in [2.75, 3.05) is 17.6 Å². The summed E-state index contributed by atoms with van der Waals surface area (Å²) in [5.74, 6) is -4.87. The maximum absolute atomic E-state index is 14.9. The minimum absolute atomic E-state index is 0. The van der Waals surface area contributed by atoms with Gasteiger partial charge in [0, 0.05) is 72.0 Å². The predicted octanol–water partition coefficient (Wildman–Crippen LogP) is -5.18. The van der Waals surface area contributed by atoms with Gasteiger partial charge in [-0.15, -0.1) is 5.60 Å². The summed E-state index contributed by atoms with van der Waals surface area (Å²) in [6.07, 6.45) is -5.31. The fraction of sp³-hybridized carbons (Fsp3) is 0.600. The van der Waals surface area contributed by atoms with Crippen molar-refractivity contribution in [1.29, 1.82) is 0 Å². The van der Waals surface area contributed by atoms with E-state index in [-0.39, 0.29) is 123 Å². The third kappa shape index (κ3) is 26.5. The van der Waals surface area contributed by atoms with Gasteiger partial charge in [0.2, 0.25) is 12.1 Å². The fourth-order valence-electron chi connectivity index (χ4n) is 12.9. The van der Waals surface area contributed by atoms with Crippen molar-refractivity contribution in [1.82, 2.24) is 47.8 Å². The molecule has 9 saturated heterocycles. The van der Waals surface area contributed by atoms with Gasteiger partial charge in [0.15, 0.2) is 60.3 Å². The van der Waals surface area contributed by atoms with E-state index in [1.54, 1.807) is 74.4 Å². The Morgan fingerprint density at radius 2 is 0.849 bits per heavy atom. The average molecular weight is 1870 g/mol. The number of aliphatic hydroxyl groups excluding tert-OH is 4. The van der Waals surface area contributed by atoms with Crippen LogP contribution in [-0.2, 0) is 70.6 Å². The number of hydrogen-bond acceptors (Lipinski definition) is 30. The third-order valence-electron chi connectivity index (χ3n) is 17.6. The second kappa shape index (κ2) is 42.3. The summed E-state index contributed by atoms with van der Waals surface area (Å²) in [5.41, 5.74) is 8.18. The van der Waals surface area contributed by atoms with E-state index in [4.69, 9.17) is 88.4 Å². The summed E-state index contributed by atoms with van der Waals surface area (Å²) in [4.78, 5) is 126. The van der Waals surface area contributed by atoms with Crippen molar-refractivity contribution < 1.29 is 181 Å². The first-order chi connectivity index (χ1) is 53.9. The smallest absolute Gasteiger partial charge is 0.850 e. The van der Waals surface area contributed by atoms with Gasteiger partial charge in [0.25, 0.3) is 36.8 Å². The molecule has 0 bridgehead atoms. The number of ether oxygens (including phenoxy) is 13. The van der Waals surface area contributed by atoms with Crippen LogP contribution in [0.1, 0.15) is 134 Å². The molecule has 49 heteroatoms. The summed E-state index contributed by atoms with van der Waals surface area (Å²) in [7, 11) is 1.54. The van der Waals surface area contributed by atoms with Gasteiger partial charge in [-0.25, -0.2) is 36.8 Å². The molecule has 6 aromatic rings. The Labute approximate surface area is 759 Å². The number of benzene rings is 1. The minimum atomic E-state index is -3.55. The van der Waals surface area contributed by atoms with Crippen LogP contribution in [0.2, 0.25) is 0 Å². The van der Waals surface area contributed by atoms with Gasteiger partial charge >= 0.3 is 109 Å². The van der Waals surface area contributed by atoms with Gasteiger partial charge in [0.05, 0.1) is 28.6 Å². The molecule has 1 aromatic carbocycles. The quantitative estimate of drug-likeness (QED) is 0.0118. The van der Waals surface area contributed by atoms with Crippen LogP contribution in [0.5, 0.6) is 0 Å². The zero-order chi connectivity index (χ0) is 86.4. The molecule has 9 aliphatic rings. The molecule has 14 heterocycles. The third-order valence-corrected chi connectivity index (χ3v) is 20.0. The molecule has 648 valence electrons. The Kier molecular flexibility index (Phi) is 37.0. The number of halogens is 3. The number of nitrogens with zero attached hydrogens (tertiary/aromatic N) is 8. The zero-order valence-corrected chi connectivity index (χ0v) is 75.4. The number of nitrogens with one attached hydrogen (secondary N) is 5. The number of aromatic nitrogens is 10. The van der Waals surface area contributed by atoms with Crippen LogP contribution in [0.4, 0.5) is 4.39 Å². The van der Waals surface area contributed by atoms with E-state index in [0.717, 1.165) is 33.4 Å². The molecule has 0 aliphatic carbocycles. The molecule has 119 heavy (non-hydrogen) atoms.